The van der Waals surface area contributed by atoms with E-state index in [9.17, 15) is 22.8 Å². The SMILES string of the molecule is CCC(=O)OCCCCN1CCC(C(=O)c2ccc([S+](c3ccccc3)c3ccccc3)cc2)CC1.O=S(=O)([O-])C(F)(F)F. The van der Waals surface area contributed by atoms with Crippen LogP contribution in [0.2, 0.25) is 0 Å². The average Bonchev–Trinajstić information content (AvgIpc) is 3.01. The quantitative estimate of drug-likeness (QED) is 0.0585. The number of hydrogen-bond acceptors (Lipinski definition) is 7. The number of ketones is 1. The first-order chi connectivity index (χ1) is 20.9. The number of hydrogen-bond donors (Lipinski definition) is 0. The fourth-order valence-electron chi connectivity index (χ4n) is 4.66. The van der Waals surface area contributed by atoms with Crippen LogP contribution < -0.4 is 0 Å². The van der Waals surface area contributed by atoms with Crippen LogP contribution in [0.5, 0.6) is 0 Å². The summed E-state index contributed by atoms with van der Waals surface area (Å²) in [5, 5.41) is 0. The van der Waals surface area contributed by atoms with Crippen LogP contribution in [0.1, 0.15) is 49.4 Å². The van der Waals surface area contributed by atoms with Gasteiger partial charge >= 0.3 is 11.5 Å². The second-order valence-electron chi connectivity index (χ2n) is 10.1. The number of ether oxygens (including phenoxy) is 1. The molecule has 0 spiro atoms. The minimum absolute atomic E-state index is 0.0964. The van der Waals surface area contributed by atoms with E-state index in [1.807, 2.05) is 31.2 Å². The molecule has 7 nitrogen and oxygen atoms in total. The molecule has 3 aromatic rings. The molecule has 44 heavy (non-hydrogen) atoms. The Balaban J connectivity index is 0.000000583. The summed E-state index contributed by atoms with van der Waals surface area (Å²) in [7, 11) is -6.29. The standard InChI is InChI=1S/C31H36NO3S.CHF3O3S/c1-2-30(33)35-24-10-9-21-32-22-19-26(20-23-32)31(34)25-15-17-29(18-16-25)36(27-11-5-3-6-12-27)28-13-7-4-8-14-28;2-1(3,4)8(5,6)7/h3-8,11-18,26H,2,9-10,19-24H2,1H3;(H,5,6,7)/q+1;/p-1. The Labute approximate surface area is 259 Å². The lowest BCUT2D eigenvalue weighted by atomic mass is 9.89. The molecule has 0 atom stereocenters. The van der Waals surface area contributed by atoms with Gasteiger partial charge in [0.15, 0.2) is 30.6 Å². The number of esters is 1. The lowest BCUT2D eigenvalue weighted by Crippen LogP contribution is -2.37. The number of carbonyl (C=O) groups is 2. The van der Waals surface area contributed by atoms with Gasteiger partial charge in [-0.05, 0) is 93.8 Å². The summed E-state index contributed by atoms with van der Waals surface area (Å²) in [5.41, 5.74) is -4.83. The predicted octanol–water partition coefficient (Wildman–Crippen LogP) is 6.46. The Bertz CT molecular complexity index is 1390. The summed E-state index contributed by atoms with van der Waals surface area (Å²) in [6, 6.07) is 29.5. The molecule has 0 unspecified atom stereocenters. The highest BCUT2D eigenvalue weighted by molar-refractivity contribution is 7.97. The summed E-state index contributed by atoms with van der Waals surface area (Å²) in [6.45, 7) is 5.23. The molecule has 1 heterocycles. The van der Waals surface area contributed by atoms with Gasteiger partial charge < -0.3 is 14.2 Å². The summed E-state index contributed by atoms with van der Waals surface area (Å²) in [5.74, 6) is 0.240. The van der Waals surface area contributed by atoms with Crippen molar-refractivity contribution in [2.75, 3.05) is 26.2 Å². The van der Waals surface area contributed by atoms with Crippen molar-refractivity contribution in [1.29, 1.82) is 0 Å². The van der Waals surface area contributed by atoms with Gasteiger partial charge in [0.05, 0.1) is 17.5 Å². The van der Waals surface area contributed by atoms with E-state index >= 15 is 0 Å². The van der Waals surface area contributed by atoms with E-state index in [0.717, 1.165) is 50.9 Å². The van der Waals surface area contributed by atoms with Crippen molar-refractivity contribution in [3.8, 4) is 0 Å². The smallest absolute Gasteiger partial charge is 0.485 e. The highest BCUT2D eigenvalue weighted by Gasteiger charge is 2.37. The fraction of sp³-hybridized carbons (Fsp3) is 0.375. The van der Waals surface area contributed by atoms with Crippen LogP contribution in [0.25, 0.3) is 0 Å². The van der Waals surface area contributed by atoms with Crippen molar-refractivity contribution in [2.45, 2.75) is 59.2 Å². The molecule has 3 aromatic carbocycles. The molecule has 1 aliphatic rings. The molecule has 0 amide bonds. The third-order valence-corrected chi connectivity index (χ3v) is 9.79. The molecule has 12 heteroatoms. The molecule has 0 N–H and O–H groups in total. The number of alkyl halides is 3. The highest BCUT2D eigenvalue weighted by atomic mass is 32.2. The minimum Gasteiger partial charge on any atom is -0.741 e. The van der Waals surface area contributed by atoms with Gasteiger partial charge in [0.25, 0.3) is 0 Å². The topological polar surface area (TPSA) is 104 Å². The van der Waals surface area contributed by atoms with Crippen LogP contribution in [0.4, 0.5) is 13.2 Å². The molecule has 4 rings (SSSR count). The van der Waals surface area contributed by atoms with E-state index in [0.29, 0.717) is 13.0 Å². The number of rotatable bonds is 11. The summed E-state index contributed by atoms with van der Waals surface area (Å²) >= 11 is 0. The number of Topliss-reactive ketones (excluding diaryl/α,β-unsaturated/α-hetero) is 1. The van der Waals surface area contributed by atoms with Gasteiger partial charge in [0, 0.05) is 17.9 Å². The lowest BCUT2D eigenvalue weighted by Gasteiger charge is -2.31. The minimum atomic E-state index is -6.09. The van der Waals surface area contributed by atoms with Gasteiger partial charge in [-0.3, -0.25) is 9.59 Å². The maximum Gasteiger partial charge on any atom is 0.485 e. The molecule has 238 valence electrons. The van der Waals surface area contributed by atoms with Crippen LogP contribution in [0, 0.1) is 5.92 Å². The van der Waals surface area contributed by atoms with E-state index in [1.54, 1.807) is 0 Å². The summed E-state index contributed by atoms with van der Waals surface area (Å²) in [4.78, 5) is 30.7. The maximum absolute atomic E-state index is 13.3. The van der Waals surface area contributed by atoms with E-state index in [-0.39, 0.29) is 28.6 Å². The number of piperidine rings is 1. The Morgan fingerprint density at radius 1 is 0.864 bits per heavy atom. The van der Waals surface area contributed by atoms with Crippen molar-refractivity contribution in [3.05, 3.63) is 90.5 Å². The van der Waals surface area contributed by atoms with E-state index in [1.165, 1.54) is 14.7 Å². The van der Waals surface area contributed by atoms with Crippen molar-refractivity contribution in [3.63, 3.8) is 0 Å². The van der Waals surface area contributed by atoms with Crippen molar-refractivity contribution < 1.29 is 40.5 Å². The monoisotopic (exact) mass is 651 g/mol. The first-order valence-corrected chi connectivity index (χ1v) is 16.9. The summed E-state index contributed by atoms with van der Waals surface area (Å²) in [6.07, 6.45) is 4.16. The van der Waals surface area contributed by atoms with Crippen molar-refractivity contribution >= 4 is 32.8 Å². The molecule has 0 aromatic heterocycles. The first kappa shape index (κ1) is 35.3. The number of benzene rings is 3. The van der Waals surface area contributed by atoms with E-state index in [2.05, 4.69) is 65.6 Å². The lowest BCUT2D eigenvalue weighted by molar-refractivity contribution is -0.143. The third-order valence-electron chi connectivity index (χ3n) is 6.99. The highest BCUT2D eigenvalue weighted by Crippen LogP contribution is 2.32. The number of halogens is 3. The van der Waals surface area contributed by atoms with Gasteiger partial charge in [-0.1, -0.05) is 43.3 Å². The van der Waals surface area contributed by atoms with E-state index < -0.39 is 15.6 Å². The molecular formula is C32H36F3NO6S2. The Morgan fingerprint density at radius 3 is 1.80 bits per heavy atom. The number of nitrogens with zero attached hydrogens (tertiary/aromatic N) is 1. The Kier molecular flexibility index (Phi) is 13.4. The van der Waals surface area contributed by atoms with Crippen LogP contribution in [0.3, 0.4) is 0 Å². The zero-order valence-electron chi connectivity index (χ0n) is 24.4. The van der Waals surface area contributed by atoms with Gasteiger partial charge in [-0.2, -0.15) is 13.2 Å². The second kappa shape index (κ2) is 16.8. The van der Waals surface area contributed by atoms with Crippen LogP contribution in [0.15, 0.2) is 99.6 Å². The average molecular weight is 652 g/mol. The molecule has 0 radical (unpaired) electrons. The molecular weight excluding hydrogens is 615 g/mol. The van der Waals surface area contributed by atoms with Crippen LogP contribution in [-0.4, -0.2) is 61.4 Å². The number of carbonyl (C=O) groups excluding carboxylic acids is 2. The zero-order chi connectivity index (χ0) is 32.2. The molecule has 1 saturated heterocycles. The molecule has 0 bridgehead atoms. The van der Waals surface area contributed by atoms with Gasteiger partial charge in [-0.25, -0.2) is 8.42 Å². The van der Waals surface area contributed by atoms with E-state index in [4.69, 9.17) is 17.7 Å². The first-order valence-electron chi connectivity index (χ1n) is 14.3. The van der Waals surface area contributed by atoms with Crippen LogP contribution >= 0.6 is 0 Å². The van der Waals surface area contributed by atoms with Gasteiger partial charge in [0.2, 0.25) is 0 Å². The van der Waals surface area contributed by atoms with Crippen molar-refractivity contribution in [1.82, 2.24) is 4.90 Å². The largest absolute Gasteiger partial charge is 0.741 e. The third kappa shape index (κ3) is 10.8. The fourth-order valence-corrected chi connectivity index (χ4v) is 6.74. The molecule has 1 fully saturated rings. The Morgan fingerprint density at radius 2 is 1.34 bits per heavy atom. The van der Waals surface area contributed by atoms with Crippen molar-refractivity contribution in [2.24, 2.45) is 5.92 Å². The Hall–Kier alpha value is -3.19. The van der Waals surface area contributed by atoms with Crippen LogP contribution in [-0.2, 0) is 30.5 Å². The summed E-state index contributed by atoms with van der Waals surface area (Å²) < 4.78 is 64.1. The molecule has 0 aliphatic carbocycles. The normalized spacial score (nSPS) is 14.5. The predicted molar refractivity (Wildman–Crippen MR) is 161 cm³/mol. The number of likely N-dealkylation sites (tertiary alicyclic amines) is 1. The molecule has 1 aliphatic heterocycles. The van der Waals surface area contributed by atoms with Gasteiger partial charge in [0.1, 0.15) is 0 Å². The maximum atomic E-state index is 13.3. The molecule has 0 saturated carbocycles. The second-order valence-corrected chi connectivity index (χ2v) is 13.5. The zero-order valence-corrected chi connectivity index (χ0v) is 26.0. The number of unbranched alkanes of at least 4 members (excludes halogenated alkanes) is 1. The van der Waals surface area contributed by atoms with Gasteiger partial charge in [-0.15, -0.1) is 0 Å².